The molecule has 1 unspecified atom stereocenters. The highest BCUT2D eigenvalue weighted by molar-refractivity contribution is 7.89. The second-order valence-corrected chi connectivity index (χ2v) is 12.0. The summed E-state index contributed by atoms with van der Waals surface area (Å²) in [7, 11) is -3.59. The van der Waals surface area contributed by atoms with Gasteiger partial charge in [-0.3, -0.25) is 4.79 Å². The van der Waals surface area contributed by atoms with E-state index in [2.05, 4.69) is 33.0 Å². The van der Waals surface area contributed by atoms with Crippen molar-refractivity contribution in [3.05, 3.63) is 59.1 Å². The van der Waals surface area contributed by atoms with E-state index in [-0.39, 0.29) is 21.6 Å². The first-order valence-corrected chi connectivity index (χ1v) is 12.4. The number of nitrogens with one attached hydrogen (secondary N) is 1. The van der Waals surface area contributed by atoms with Crippen LogP contribution in [0.1, 0.15) is 57.3 Å². The number of sulfonamides is 1. The van der Waals surface area contributed by atoms with Crippen LogP contribution in [0, 0.1) is 10.8 Å². The van der Waals surface area contributed by atoms with Crippen LogP contribution in [0.4, 0.5) is 5.69 Å². The zero-order valence-corrected chi connectivity index (χ0v) is 20.2. The molecular weight excluding hydrogens is 432 g/mol. The smallest absolute Gasteiger partial charge is 0.255 e. The first-order valence-electron chi connectivity index (χ1n) is 10.6. The molecule has 0 aliphatic carbocycles. The first-order chi connectivity index (χ1) is 14.4. The molecule has 2 aromatic rings. The monoisotopic (exact) mass is 462 g/mol. The van der Waals surface area contributed by atoms with Gasteiger partial charge in [0.2, 0.25) is 10.0 Å². The van der Waals surface area contributed by atoms with Crippen molar-refractivity contribution in [2.24, 2.45) is 10.8 Å². The molecule has 0 bridgehead atoms. The molecule has 2 aromatic carbocycles. The zero-order valence-electron chi connectivity index (χ0n) is 18.6. The third-order valence-corrected chi connectivity index (χ3v) is 8.35. The van der Waals surface area contributed by atoms with Crippen LogP contribution >= 0.6 is 11.6 Å². The summed E-state index contributed by atoms with van der Waals surface area (Å²) in [6.45, 7) is 9.89. The normalized spacial score (nSPS) is 20.0. The van der Waals surface area contributed by atoms with Crippen LogP contribution in [0.25, 0.3) is 0 Å². The Hall–Kier alpha value is -1.89. The van der Waals surface area contributed by atoms with E-state index in [9.17, 15) is 13.2 Å². The molecule has 1 saturated heterocycles. The number of amides is 1. The second kappa shape index (κ2) is 8.93. The average molecular weight is 463 g/mol. The number of nitrogens with zero attached hydrogens (tertiary/aromatic N) is 1. The Balaban J connectivity index is 1.70. The summed E-state index contributed by atoms with van der Waals surface area (Å²) in [6, 6.07) is 12.9. The minimum absolute atomic E-state index is 0.0228. The quantitative estimate of drug-likeness (QED) is 0.563. The summed E-state index contributed by atoms with van der Waals surface area (Å²) < 4.78 is 27.9. The third-order valence-electron chi connectivity index (χ3n) is 6.24. The van der Waals surface area contributed by atoms with E-state index < -0.39 is 10.0 Å². The summed E-state index contributed by atoms with van der Waals surface area (Å²) >= 11 is 5.86. The van der Waals surface area contributed by atoms with Crippen molar-refractivity contribution in [2.45, 2.75) is 51.9 Å². The highest BCUT2D eigenvalue weighted by Gasteiger charge is 2.42. The van der Waals surface area contributed by atoms with Crippen LogP contribution in [0.15, 0.2) is 53.4 Å². The Labute approximate surface area is 190 Å². The van der Waals surface area contributed by atoms with Crippen LogP contribution in [-0.2, 0) is 10.0 Å². The Morgan fingerprint density at radius 1 is 1.13 bits per heavy atom. The van der Waals surface area contributed by atoms with Gasteiger partial charge in [0.05, 0.1) is 4.90 Å². The molecule has 1 amide bonds. The number of halogens is 1. The van der Waals surface area contributed by atoms with E-state index in [0.29, 0.717) is 29.4 Å². The largest absolute Gasteiger partial charge is 0.322 e. The molecule has 1 atom stereocenters. The Kier molecular flexibility index (Phi) is 6.84. The SMILES string of the molecule is CCC(C)(C)CC1(C)CCN(S(=O)(=O)c2ccc(C(=O)Nc3ccc(Cl)cc3)cc2)C1. The fraction of sp³-hybridized carbons (Fsp3) is 0.458. The van der Waals surface area contributed by atoms with E-state index in [1.807, 2.05) is 0 Å². The van der Waals surface area contributed by atoms with E-state index in [1.165, 1.54) is 12.1 Å². The van der Waals surface area contributed by atoms with Crippen molar-refractivity contribution in [1.29, 1.82) is 0 Å². The van der Waals surface area contributed by atoms with Gasteiger partial charge >= 0.3 is 0 Å². The number of benzene rings is 2. The van der Waals surface area contributed by atoms with Crippen LogP contribution in [-0.4, -0.2) is 31.7 Å². The maximum Gasteiger partial charge on any atom is 0.255 e. The van der Waals surface area contributed by atoms with Gasteiger partial charge in [0, 0.05) is 29.4 Å². The topological polar surface area (TPSA) is 66.5 Å². The molecule has 1 aliphatic heterocycles. The fourth-order valence-corrected chi connectivity index (χ4v) is 5.99. The molecule has 0 aromatic heterocycles. The molecule has 1 aliphatic rings. The fourth-order valence-electron chi connectivity index (χ4n) is 4.27. The van der Waals surface area contributed by atoms with Gasteiger partial charge in [0.1, 0.15) is 0 Å². The van der Waals surface area contributed by atoms with Gasteiger partial charge < -0.3 is 5.32 Å². The molecular formula is C24H31ClN2O3S. The number of carbonyl (C=O) groups is 1. The number of rotatable bonds is 7. The van der Waals surface area contributed by atoms with E-state index in [1.54, 1.807) is 40.7 Å². The van der Waals surface area contributed by atoms with Gasteiger partial charge in [0.15, 0.2) is 0 Å². The van der Waals surface area contributed by atoms with Gasteiger partial charge in [-0.05, 0) is 72.2 Å². The lowest BCUT2D eigenvalue weighted by atomic mass is 9.72. The number of hydrogen-bond acceptors (Lipinski definition) is 3. The summed E-state index contributed by atoms with van der Waals surface area (Å²) in [5.41, 5.74) is 1.18. The Morgan fingerprint density at radius 2 is 1.74 bits per heavy atom. The van der Waals surface area contributed by atoms with Gasteiger partial charge in [-0.25, -0.2) is 8.42 Å². The highest BCUT2D eigenvalue weighted by atomic mass is 35.5. The molecule has 0 saturated carbocycles. The third kappa shape index (κ3) is 5.68. The summed E-state index contributed by atoms with van der Waals surface area (Å²) in [5, 5.41) is 3.37. The van der Waals surface area contributed by atoms with Crippen LogP contribution in [0.2, 0.25) is 5.02 Å². The minimum atomic E-state index is -3.59. The molecule has 7 heteroatoms. The molecule has 1 fully saturated rings. The second-order valence-electron chi connectivity index (χ2n) is 9.58. The molecule has 168 valence electrons. The van der Waals surface area contributed by atoms with Gasteiger partial charge in [-0.2, -0.15) is 4.31 Å². The lowest BCUT2D eigenvalue weighted by Crippen LogP contribution is -2.33. The molecule has 1 N–H and O–H groups in total. The molecule has 1 heterocycles. The Morgan fingerprint density at radius 3 is 2.32 bits per heavy atom. The molecule has 0 spiro atoms. The molecule has 31 heavy (non-hydrogen) atoms. The summed E-state index contributed by atoms with van der Waals surface area (Å²) in [4.78, 5) is 12.7. The predicted molar refractivity (Wildman–Crippen MR) is 126 cm³/mol. The van der Waals surface area contributed by atoms with E-state index in [0.717, 1.165) is 19.3 Å². The van der Waals surface area contributed by atoms with Gasteiger partial charge in [-0.1, -0.05) is 45.7 Å². The van der Waals surface area contributed by atoms with Crippen molar-refractivity contribution >= 4 is 33.2 Å². The van der Waals surface area contributed by atoms with Crippen molar-refractivity contribution < 1.29 is 13.2 Å². The molecule has 5 nitrogen and oxygen atoms in total. The zero-order chi connectivity index (χ0) is 22.9. The summed E-state index contributed by atoms with van der Waals surface area (Å²) in [5.74, 6) is -0.304. The van der Waals surface area contributed by atoms with E-state index in [4.69, 9.17) is 11.6 Å². The van der Waals surface area contributed by atoms with Gasteiger partial charge in [0.25, 0.3) is 5.91 Å². The van der Waals surface area contributed by atoms with E-state index >= 15 is 0 Å². The maximum atomic E-state index is 13.2. The molecule has 0 radical (unpaired) electrons. The number of anilines is 1. The van der Waals surface area contributed by atoms with Gasteiger partial charge in [-0.15, -0.1) is 0 Å². The van der Waals surface area contributed by atoms with Crippen molar-refractivity contribution in [3.8, 4) is 0 Å². The Bertz CT molecular complexity index is 1030. The lowest BCUT2D eigenvalue weighted by molar-refractivity contribution is 0.102. The maximum absolute atomic E-state index is 13.2. The predicted octanol–water partition coefficient (Wildman–Crippen LogP) is 5.82. The van der Waals surface area contributed by atoms with Crippen molar-refractivity contribution in [3.63, 3.8) is 0 Å². The van der Waals surface area contributed by atoms with Crippen LogP contribution in [0.3, 0.4) is 0 Å². The lowest BCUT2D eigenvalue weighted by Gasteiger charge is -2.34. The summed E-state index contributed by atoms with van der Waals surface area (Å²) in [6.07, 6.45) is 2.92. The number of carbonyl (C=O) groups excluding carboxylic acids is 1. The number of hydrogen-bond donors (Lipinski definition) is 1. The standard InChI is InChI=1S/C24H31ClN2O3S/c1-5-23(2,3)16-24(4)14-15-27(17-24)31(29,30)21-12-6-18(7-13-21)22(28)26-20-10-8-19(25)9-11-20/h6-13H,5,14-17H2,1-4H3,(H,26,28). The minimum Gasteiger partial charge on any atom is -0.322 e. The van der Waals surface area contributed by atoms with Crippen molar-refractivity contribution in [1.82, 2.24) is 4.31 Å². The van der Waals surface area contributed by atoms with Crippen molar-refractivity contribution in [2.75, 3.05) is 18.4 Å². The highest BCUT2D eigenvalue weighted by Crippen LogP contribution is 2.43. The van der Waals surface area contributed by atoms with Crippen LogP contribution in [0.5, 0.6) is 0 Å². The molecule has 3 rings (SSSR count). The van der Waals surface area contributed by atoms with Crippen LogP contribution < -0.4 is 5.32 Å². The first kappa shape index (κ1) is 23.8. The average Bonchev–Trinajstić information content (AvgIpc) is 3.11.